The lowest BCUT2D eigenvalue weighted by atomic mass is 10.2. The average Bonchev–Trinajstić information content (AvgIpc) is 3.07. The van der Waals surface area contributed by atoms with Crippen LogP contribution in [-0.2, 0) is 0 Å². The van der Waals surface area contributed by atoms with Crippen LogP contribution in [0.4, 0.5) is 0 Å². The first-order valence-electron chi connectivity index (χ1n) is 5.48. The maximum Gasteiger partial charge on any atom is 0.335 e. The van der Waals surface area contributed by atoms with Crippen molar-refractivity contribution in [3.63, 3.8) is 0 Å². The van der Waals surface area contributed by atoms with Gasteiger partial charge in [-0.3, -0.25) is 0 Å². The Bertz CT molecular complexity index is 621. The molecule has 0 bridgehead atoms. The number of tetrazole rings is 1. The standard InChI is InChI=1S/C11H9BrN4O2/c12-8-5-7(11(17)18)3-4-9(8)16-10(6-1-2-6)13-14-15-16/h3-6H,1-2H2,(H,17,18). The highest BCUT2D eigenvalue weighted by Crippen LogP contribution is 2.39. The number of rotatable bonds is 3. The van der Waals surface area contributed by atoms with Gasteiger partial charge in [0.1, 0.15) is 0 Å². The van der Waals surface area contributed by atoms with E-state index in [9.17, 15) is 4.79 Å². The summed E-state index contributed by atoms with van der Waals surface area (Å²) in [7, 11) is 0. The summed E-state index contributed by atoms with van der Waals surface area (Å²) in [5.41, 5.74) is 0.985. The van der Waals surface area contributed by atoms with Gasteiger partial charge >= 0.3 is 5.97 Å². The van der Waals surface area contributed by atoms with E-state index in [4.69, 9.17) is 5.11 Å². The van der Waals surface area contributed by atoms with Gasteiger partial charge < -0.3 is 5.11 Å². The van der Waals surface area contributed by atoms with E-state index in [-0.39, 0.29) is 5.56 Å². The summed E-state index contributed by atoms with van der Waals surface area (Å²) >= 11 is 3.36. The Morgan fingerprint density at radius 2 is 2.22 bits per heavy atom. The smallest absolute Gasteiger partial charge is 0.335 e. The van der Waals surface area contributed by atoms with Gasteiger partial charge in [0, 0.05) is 10.4 Å². The van der Waals surface area contributed by atoms with Crippen LogP contribution in [0.5, 0.6) is 0 Å². The lowest BCUT2D eigenvalue weighted by Gasteiger charge is -2.06. The fourth-order valence-electron chi connectivity index (χ4n) is 1.77. The highest BCUT2D eigenvalue weighted by Gasteiger charge is 2.30. The maximum absolute atomic E-state index is 10.9. The Balaban J connectivity index is 2.06. The van der Waals surface area contributed by atoms with Crippen molar-refractivity contribution in [1.29, 1.82) is 0 Å². The molecule has 1 aliphatic rings. The van der Waals surface area contributed by atoms with E-state index in [2.05, 4.69) is 31.5 Å². The van der Waals surface area contributed by atoms with Gasteiger partial charge in [0.2, 0.25) is 0 Å². The minimum Gasteiger partial charge on any atom is -0.478 e. The molecule has 1 N–H and O–H groups in total. The second-order valence-electron chi connectivity index (χ2n) is 4.19. The van der Waals surface area contributed by atoms with Crippen molar-refractivity contribution in [1.82, 2.24) is 20.2 Å². The molecule has 1 aromatic heterocycles. The molecule has 1 saturated carbocycles. The molecule has 1 heterocycles. The zero-order chi connectivity index (χ0) is 12.7. The molecule has 92 valence electrons. The third-order valence-electron chi connectivity index (χ3n) is 2.86. The van der Waals surface area contributed by atoms with Crippen molar-refractivity contribution in [3.05, 3.63) is 34.1 Å². The molecule has 1 aromatic carbocycles. The van der Waals surface area contributed by atoms with E-state index < -0.39 is 5.97 Å². The number of carboxylic acids is 1. The quantitative estimate of drug-likeness (QED) is 0.938. The third kappa shape index (κ3) is 1.90. The number of hydrogen-bond acceptors (Lipinski definition) is 4. The van der Waals surface area contributed by atoms with Gasteiger partial charge in [-0.25, -0.2) is 4.79 Å². The highest BCUT2D eigenvalue weighted by atomic mass is 79.9. The van der Waals surface area contributed by atoms with Gasteiger partial charge in [-0.2, -0.15) is 4.68 Å². The molecule has 6 nitrogen and oxygen atoms in total. The number of aromatic carboxylic acids is 1. The van der Waals surface area contributed by atoms with Crippen LogP contribution >= 0.6 is 15.9 Å². The largest absolute Gasteiger partial charge is 0.478 e. The molecule has 0 amide bonds. The summed E-state index contributed by atoms with van der Waals surface area (Å²) in [5.74, 6) is 0.297. The molecule has 2 aromatic rings. The van der Waals surface area contributed by atoms with Gasteiger partial charge in [0.05, 0.1) is 11.3 Å². The first-order valence-corrected chi connectivity index (χ1v) is 6.27. The second kappa shape index (κ2) is 4.16. The molecule has 0 saturated heterocycles. The van der Waals surface area contributed by atoms with Crippen LogP contribution in [0.25, 0.3) is 5.69 Å². The van der Waals surface area contributed by atoms with Gasteiger partial charge in [-0.1, -0.05) is 0 Å². The number of nitrogens with zero attached hydrogens (tertiary/aromatic N) is 4. The maximum atomic E-state index is 10.9. The van der Waals surface area contributed by atoms with E-state index in [1.165, 1.54) is 0 Å². The van der Waals surface area contributed by atoms with Crippen molar-refractivity contribution < 1.29 is 9.90 Å². The zero-order valence-electron chi connectivity index (χ0n) is 9.25. The van der Waals surface area contributed by atoms with Crippen molar-refractivity contribution >= 4 is 21.9 Å². The Hall–Kier alpha value is -1.76. The van der Waals surface area contributed by atoms with Crippen molar-refractivity contribution in [3.8, 4) is 5.69 Å². The molecule has 0 unspecified atom stereocenters. The molecule has 0 spiro atoms. The van der Waals surface area contributed by atoms with E-state index in [0.29, 0.717) is 10.4 Å². The zero-order valence-corrected chi connectivity index (χ0v) is 10.8. The number of hydrogen-bond donors (Lipinski definition) is 1. The molecule has 0 radical (unpaired) electrons. The molecule has 18 heavy (non-hydrogen) atoms. The SMILES string of the molecule is O=C(O)c1ccc(-n2nnnc2C2CC2)c(Br)c1. The summed E-state index contributed by atoms with van der Waals surface area (Å²) in [6.07, 6.45) is 2.20. The lowest BCUT2D eigenvalue weighted by molar-refractivity contribution is 0.0697. The van der Waals surface area contributed by atoms with Gasteiger partial charge in [0.25, 0.3) is 0 Å². The predicted octanol–water partition coefficient (Wildman–Crippen LogP) is 2.00. The van der Waals surface area contributed by atoms with Crippen LogP contribution in [0.1, 0.15) is 34.9 Å². The molecule has 0 atom stereocenters. The molecule has 1 fully saturated rings. The summed E-state index contributed by atoms with van der Waals surface area (Å²) < 4.78 is 2.32. The molecule has 1 aliphatic carbocycles. The summed E-state index contributed by atoms with van der Waals surface area (Å²) in [4.78, 5) is 10.9. The minimum atomic E-state index is -0.957. The molecule has 7 heteroatoms. The van der Waals surface area contributed by atoms with Gasteiger partial charge in [-0.05, 0) is 57.4 Å². The van der Waals surface area contributed by atoms with E-state index in [1.54, 1.807) is 22.9 Å². The molecular weight excluding hydrogens is 300 g/mol. The third-order valence-corrected chi connectivity index (χ3v) is 3.49. The number of carbonyl (C=O) groups is 1. The second-order valence-corrected chi connectivity index (χ2v) is 5.05. The number of halogens is 1. The summed E-state index contributed by atoms with van der Waals surface area (Å²) in [5, 5.41) is 20.6. The number of carboxylic acid groups (broad SMARTS) is 1. The van der Waals surface area contributed by atoms with Crippen LogP contribution in [0.3, 0.4) is 0 Å². The molecule has 3 rings (SSSR count). The molecular formula is C11H9BrN4O2. The van der Waals surface area contributed by atoms with Crippen molar-refractivity contribution in [2.45, 2.75) is 18.8 Å². The number of benzene rings is 1. The fraction of sp³-hybridized carbons (Fsp3) is 0.273. The predicted molar refractivity (Wildman–Crippen MR) is 65.8 cm³/mol. The highest BCUT2D eigenvalue weighted by molar-refractivity contribution is 9.10. The van der Waals surface area contributed by atoms with Crippen LogP contribution < -0.4 is 0 Å². The minimum absolute atomic E-state index is 0.228. The Morgan fingerprint density at radius 3 is 2.83 bits per heavy atom. The fourth-order valence-corrected chi connectivity index (χ4v) is 2.32. The van der Waals surface area contributed by atoms with Crippen molar-refractivity contribution in [2.24, 2.45) is 0 Å². The first kappa shape index (κ1) is 11.3. The van der Waals surface area contributed by atoms with Crippen LogP contribution in [0, 0.1) is 0 Å². The van der Waals surface area contributed by atoms with E-state index >= 15 is 0 Å². The normalized spacial score (nSPS) is 14.7. The first-order chi connectivity index (χ1) is 8.66. The van der Waals surface area contributed by atoms with E-state index in [0.717, 1.165) is 24.4 Å². The Kier molecular flexibility index (Phi) is 2.62. The Morgan fingerprint density at radius 1 is 1.44 bits per heavy atom. The topological polar surface area (TPSA) is 80.9 Å². The average molecular weight is 309 g/mol. The Labute approximate surface area is 111 Å². The summed E-state index contributed by atoms with van der Waals surface area (Å²) in [6, 6.07) is 4.80. The number of aromatic nitrogens is 4. The van der Waals surface area contributed by atoms with Gasteiger partial charge in [0.15, 0.2) is 5.82 Å². The van der Waals surface area contributed by atoms with Crippen LogP contribution in [0.15, 0.2) is 22.7 Å². The monoisotopic (exact) mass is 308 g/mol. The van der Waals surface area contributed by atoms with Gasteiger partial charge in [-0.15, -0.1) is 5.10 Å². The molecule has 0 aliphatic heterocycles. The van der Waals surface area contributed by atoms with Crippen LogP contribution in [-0.4, -0.2) is 31.3 Å². The lowest BCUT2D eigenvalue weighted by Crippen LogP contribution is -2.04. The van der Waals surface area contributed by atoms with E-state index in [1.807, 2.05) is 0 Å². The summed E-state index contributed by atoms with van der Waals surface area (Å²) in [6.45, 7) is 0. The van der Waals surface area contributed by atoms with Crippen molar-refractivity contribution in [2.75, 3.05) is 0 Å². The van der Waals surface area contributed by atoms with Crippen LogP contribution in [0.2, 0.25) is 0 Å².